The molecule has 1 aromatic heterocycles. The Morgan fingerprint density at radius 2 is 1.97 bits per heavy atom. The molecule has 1 aliphatic rings. The van der Waals surface area contributed by atoms with Gasteiger partial charge in [-0.05, 0) is 11.6 Å². The Bertz CT molecular complexity index is 1240. The summed E-state index contributed by atoms with van der Waals surface area (Å²) in [7, 11) is 0. The third-order valence-corrected chi connectivity index (χ3v) is 5.88. The number of allylic oxidation sites excluding steroid dienone is 1. The van der Waals surface area contributed by atoms with E-state index in [2.05, 4.69) is 22.8 Å². The number of thiol groups is 1. The van der Waals surface area contributed by atoms with E-state index >= 15 is 0 Å². The Hall–Kier alpha value is -3.30. The fourth-order valence-electron chi connectivity index (χ4n) is 2.92. The van der Waals surface area contributed by atoms with Crippen molar-refractivity contribution in [1.82, 2.24) is 4.57 Å². The molecule has 0 unspecified atom stereocenters. The van der Waals surface area contributed by atoms with E-state index in [1.807, 2.05) is 30.3 Å². The first kappa shape index (κ1) is 19.0. The van der Waals surface area contributed by atoms with Crippen LogP contribution in [0.2, 0.25) is 0 Å². The van der Waals surface area contributed by atoms with Crippen LogP contribution in [0.15, 0.2) is 80.2 Å². The summed E-state index contributed by atoms with van der Waals surface area (Å²) in [5.74, 6) is 0. The quantitative estimate of drug-likeness (QED) is 0.382. The molecule has 0 aliphatic carbocycles. The molecule has 0 bridgehead atoms. The highest BCUT2D eigenvalue weighted by Gasteiger charge is 2.18. The smallest absolute Gasteiger partial charge is 0.289 e. The monoisotopic (exact) mass is 422 g/mol. The van der Waals surface area contributed by atoms with E-state index < -0.39 is 4.92 Å². The van der Waals surface area contributed by atoms with Crippen molar-refractivity contribution in [3.05, 3.63) is 96.0 Å². The Labute approximate surface area is 174 Å². The van der Waals surface area contributed by atoms with Crippen LogP contribution in [-0.4, -0.2) is 21.4 Å². The Morgan fingerprint density at radius 1 is 1.17 bits per heavy atom. The minimum absolute atomic E-state index is 0.0231. The van der Waals surface area contributed by atoms with Gasteiger partial charge < -0.3 is 0 Å². The molecule has 0 fully saturated rings. The number of hydrogen-bond acceptors (Lipinski definition) is 7. The SMILES string of the molecule is O=c1sc(/C=C2/C=NN=C2c2cccc([N+](=O)[O-])c2)c(S)n1Cc1ccccc1. The largest absolute Gasteiger partial charge is 0.308 e. The van der Waals surface area contributed by atoms with Gasteiger partial charge in [-0.3, -0.25) is 19.5 Å². The first-order chi connectivity index (χ1) is 14.0. The number of hydrogen-bond donors (Lipinski definition) is 1. The number of nitrogens with zero attached hydrogens (tertiary/aromatic N) is 4. The molecule has 29 heavy (non-hydrogen) atoms. The summed E-state index contributed by atoms with van der Waals surface area (Å²) in [6, 6.07) is 15.9. The zero-order valence-electron chi connectivity index (χ0n) is 14.9. The second-order valence-corrected chi connectivity index (χ2v) is 7.64. The summed E-state index contributed by atoms with van der Waals surface area (Å²) in [5.41, 5.74) is 2.73. The molecular weight excluding hydrogens is 408 g/mol. The van der Waals surface area contributed by atoms with Gasteiger partial charge in [0.05, 0.1) is 27.6 Å². The van der Waals surface area contributed by atoms with E-state index in [0.29, 0.717) is 33.3 Å². The Morgan fingerprint density at radius 3 is 2.72 bits per heavy atom. The molecule has 0 radical (unpaired) electrons. The summed E-state index contributed by atoms with van der Waals surface area (Å²) in [6.45, 7) is 0.429. The summed E-state index contributed by atoms with van der Waals surface area (Å²) in [6.07, 6.45) is 3.34. The molecule has 4 rings (SSSR count). The Balaban J connectivity index is 1.68. The maximum Gasteiger partial charge on any atom is 0.308 e. The molecule has 0 amide bonds. The number of nitro groups is 1. The van der Waals surface area contributed by atoms with Crippen LogP contribution in [0.3, 0.4) is 0 Å². The maximum atomic E-state index is 12.5. The van der Waals surface area contributed by atoms with Gasteiger partial charge in [0.2, 0.25) is 0 Å². The molecule has 9 heteroatoms. The fourth-order valence-corrected chi connectivity index (χ4v) is 4.19. The summed E-state index contributed by atoms with van der Waals surface area (Å²) in [4.78, 5) is 23.6. The van der Waals surface area contributed by atoms with E-state index in [1.54, 1.807) is 29.0 Å². The minimum Gasteiger partial charge on any atom is -0.289 e. The fraction of sp³-hybridized carbons (Fsp3) is 0.0500. The number of non-ortho nitro benzene ring substituents is 1. The van der Waals surface area contributed by atoms with Crippen molar-refractivity contribution in [3.63, 3.8) is 0 Å². The van der Waals surface area contributed by atoms with Crippen molar-refractivity contribution in [1.29, 1.82) is 0 Å². The van der Waals surface area contributed by atoms with Crippen LogP contribution in [0.25, 0.3) is 6.08 Å². The van der Waals surface area contributed by atoms with Crippen molar-refractivity contribution < 1.29 is 4.92 Å². The van der Waals surface area contributed by atoms with Crippen LogP contribution in [0.1, 0.15) is 16.0 Å². The molecule has 2 aromatic carbocycles. The lowest BCUT2D eigenvalue weighted by Crippen LogP contribution is -2.14. The van der Waals surface area contributed by atoms with E-state index in [-0.39, 0.29) is 10.6 Å². The van der Waals surface area contributed by atoms with Crippen molar-refractivity contribution in [2.24, 2.45) is 10.2 Å². The number of benzene rings is 2. The molecule has 0 saturated heterocycles. The molecule has 1 aliphatic heterocycles. The summed E-state index contributed by atoms with van der Waals surface area (Å²) >= 11 is 5.63. The number of nitro benzene ring substituents is 1. The second-order valence-electron chi connectivity index (χ2n) is 6.23. The lowest BCUT2D eigenvalue weighted by Gasteiger charge is -2.05. The molecule has 2 heterocycles. The van der Waals surface area contributed by atoms with Crippen molar-refractivity contribution in [2.45, 2.75) is 11.6 Å². The van der Waals surface area contributed by atoms with Gasteiger partial charge >= 0.3 is 4.87 Å². The number of rotatable bonds is 5. The van der Waals surface area contributed by atoms with Crippen LogP contribution in [0.4, 0.5) is 5.69 Å². The zero-order chi connectivity index (χ0) is 20.4. The number of aromatic nitrogens is 1. The predicted molar refractivity (Wildman–Crippen MR) is 117 cm³/mol. The first-order valence-electron chi connectivity index (χ1n) is 8.57. The van der Waals surface area contributed by atoms with Crippen LogP contribution in [0, 0.1) is 10.1 Å². The summed E-state index contributed by atoms with van der Waals surface area (Å²) in [5, 5.41) is 19.6. The standard InChI is InChI=1S/C20H14N4O3S2/c25-20-23(12-13-5-2-1-3-6-13)19(28)17(29-20)10-15-11-21-22-18(15)14-7-4-8-16(9-14)24(26)27/h1-11,28H,12H2/b15-10-. The number of thiazole rings is 1. The van der Waals surface area contributed by atoms with E-state index in [4.69, 9.17) is 0 Å². The second kappa shape index (κ2) is 7.98. The molecule has 0 atom stereocenters. The summed E-state index contributed by atoms with van der Waals surface area (Å²) < 4.78 is 1.60. The molecule has 0 saturated carbocycles. The van der Waals surface area contributed by atoms with Crippen molar-refractivity contribution >= 4 is 47.7 Å². The van der Waals surface area contributed by atoms with Crippen LogP contribution in [0.5, 0.6) is 0 Å². The van der Waals surface area contributed by atoms with Crippen LogP contribution >= 0.6 is 24.0 Å². The molecule has 3 aromatic rings. The third-order valence-electron chi connectivity index (χ3n) is 4.32. The molecule has 144 valence electrons. The molecule has 7 nitrogen and oxygen atoms in total. The lowest BCUT2D eigenvalue weighted by molar-refractivity contribution is -0.384. The van der Waals surface area contributed by atoms with Gasteiger partial charge in [0.15, 0.2) is 0 Å². The third kappa shape index (κ3) is 3.96. The van der Waals surface area contributed by atoms with Gasteiger partial charge in [0, 0.05) is 23.3 Å². The highest BCUT2D eigenvalue weighted by Crippen LogP contribution is 2.25. The molecule has 0 spiro atoms. The highest BCUT2D eigenvalue weighted by molar-refractivity contribution is 7.80. The maximum absolute atomic E-state index is 12.5. The van der Waals surface area contributed by atoms with Crippen molar-refractivity contribution in [2.75, 3.05) is 0 Å². The predicted octanol–water partition coefficient (Wildman–Crippen LogP) is 4.03. The average Bonchev–Trinajstić information content (AvgIpc) is 3.29. The normalized spacial score (nSPS) is 14.4. The first-order valence-corrected chi connectivity index (χ1v) is 9.84. The van der Waals surface area contributed by atoms with Crippen LogP contribution < -0.4 is 4.87 Å². The zero-order valence-corrected chi connectivity index (χ0v) is 16.6. The van der Waals surface area contributed by atoms with Crippen LogP contribution in [-0.2, 0) is 6.54 Å². The minimum atomic E-state index is -0.454. The lowest BCUT2D eigenvalue weighted by atomic mass is 10.0. The van der Waals surface area contributed by atoms with Gasteiger partial charge in [-0.25, -0.2) is 0 Å². The average molecular weight is 422 g/mol. The van der Waals surface area contributed by atoms with Gasteiger partial charge in [-0.15, -0.1) is 17.7 Å². The van der Waals surface area contributed by atoms with E-state index in [0.717, 1.165) is 16.9 Å². The van der Waals surface area contributed by atoms with Gasteiger partial charge in [-0.2, -0.15) is 5.10 Å². The highest BCUT2D eigenvalue weighted by atomic mass is 32.1. The van der Waals surface area contributed by atoms with Crippen molar-refractivity contribution in [3.8, 4) is 0 Å². The topological polar surface area (TPSA) is 89.9 Å². The van der Waals surface area contributed by atoms with Gasteiger partial charge in [0.25, 0.3) is 5.69 Å². The van der Waals surface area contributed by atoms with Gasteiger partial charge in [-0.1, -0.05) is 53.8 Å². The van der Waals surface area contributed by atoms with E-state index in [1.165, 1.54) is 12.1 Å². The molecular formula is C20H14N4O3S2. The Kier molecular flexibility index (Phi) is 5.24. The van der Waals surface area contributed by atoms with E-state index in [9.17, 15) is 14.9 Å². The van der Waals surface area contributed by atoms with Gasteiger partial charge in [0.1, 0.15) is 5.71 Å². The molecule has 0 N–H and O–H groups in total.